The van der Waals surface area contributed by atoms with Gasteiger partial charge in [0, 0.05) is 64.4 Å². The number of likely N-dealkylation sites (N-methyl/N-ethyl adjacent to an activating group) is 2. The molecule has 2 heterocycles. The van der Waals surface area contributed by atoms with Crippen LogP contribution in [0.15, 0.2) is 0 Å². The Morgan fingerprint density at radius 3 is 1.89 bits per heavy atom. The normalized spacial score (nSPS) is 52.6. The van der Waals surface area contributed by atoms with Crippen molar-refractivity contribution in [2.75, 3.05) is 66.5 Å². The predicted octanol–water partition coefficient (Wildman–Crippen LogP) is 2.20. The third-order valence-corrected chi connectivity index (χ3v) is 12.7. The van der Waals surface area contributed by atoms with Gasteiger partial charge in [-0.2, -0.15) is 0 Å². The minimum Gasteiger partial charge on any atom is -0.391 e. The van der Waals surface area contributed by atoms with E-state index < -0.39 is 0 Å². The summed E-state index contributed by atoms with van der Waals surface area (Å²) in [6.07, 6.45) is 8.13. The smallest absolute Gasteiger partial charge is 0.0751 e. The Labute approximate surface area is 214 Å². The highest BCUT2D eigenvalue weighted by molar-refractivity contribution is 5.14. The van der Waals surface area contributed by atoms with E-state index in [1.807, 2.05) is 0 Å². The van der Waals surface area contributed by atoms with Gasteiger partial charge in [0.05, 0.1) is 12.2 Å². The van der Waals surface area contributed by atoms with Gasteiger partial charge in [0.2, 0.25) is 0 Å². The van der Waals surface area contributed by atoms with Crippen molar-refractivity contribution < 1.29 is 10.2 Å². The average Bonchev–Trinajstić information content (AvgIpc) is 3.11. The molecular weight excluding hydrogens is 436 g/mol. The molecule has 6 fully saturated rings. The molecule has 0 aromatic rings. The van der Waals surface area contributed by atoms with Crippen LogP contribution in [-0.4, -0.2) is 121 Å². The van der Waals surface area contributed by atoms with Crippen molar-refractivity contribution in [3.8, 4) is 0 Å². The first-order valence-electron chi connectivity index (χ1n) is 14.9. The largest absolute Gasteiger partial charge is 0.391 e. The number of piperazine rings is 2. The standard InChI is InChI=1S/C29H52N4O2/c1-28-8-7-22-21(23(28)18-24(27(28)35)32-13-9-30(3)10-14-32)6-5-20-17-26(34)25(19-29(20,22)2)33-15-11-31(4)12-16-33/h20-27,34-35H,5-19H2,1-4H3/t20-,21-,22+,23+,24+,25-,26+,27+,28-,29-/m0/s1. The number of nitrogens with zero attached hydrogens (tertiary/aromatic N) is 4. The fraction of sp³-hybridized carbons (Fsp3) is 1.00. The summed E-state index contributed by atoms with van der Waals surface area (Å²) in [6, 6.07) is 0.693. The number of fused-ring (bicyclic) bond motifs is 5. The number of aliphatic hydroxyl groups excluding tert-OH is 2. The first kappa shape index (κ1) is 25.1. The van der Waals surface area contributed by atoms with Gasteiger partial charge in [0.25, 0.3) is 0 Å². The Morgan fingerprint density at radius 1 is 0.657 bits per heavy atom. The molecule has 6 nitrogen and oxygen atoms in total. The molecule has 6 aliphatic rings. The molecule has 200 valence electrons. The molecular formula is C29H52N4O2. The summed E-state index contributed by atoms with van der Waals surface area (Å²) in [5.74, 6) is 2.85. The highest BCUT2D eigenvalue weighted by Gasteiger charge is 2.63. The molecule has 0 aromatic carbocycles. The van der Waals surface area contributed by atoms with Crippen LogP contribution in [0.3, 0.4) is 0 Å². The predicted molar refractivity (Wildman–Crippen MR) is 140 cm³/mol. The van der Waals surface area contributed by atoms with Crippen molar-refractivity contribution in [1.82, 2.24) is 19.6 Å². The third kappa shape index (κ3) is 4.04. The zero-order valence-corrected chi connectivity index (χ0v) is 22.9. The maximum absolute atomic E-state index is 11.7. The van der Waals surface area contributed by atoms with E-state index in [1.54, 1.807) is 0 Å². The number of hydrogen-bond donors (Lipinski definition) is 2. The second-order valence-corrected chi connectivity index (χ2v) is 14.2. The SMILES string of the molecule is CN1CCN([C@@H]2C[C@@H]3[C@H]4CC[C@H]5C[C@@H](O)[C@@H](N6CCN(C)CC6)C[C@]5(C)[C@@H]4CC[C@]3(C)[C@@H]2O)CC1. The second kappa shape index (κ2) is 9.20. The van der Waals surface area contributed by atoms with Gasteiger partial charge < -0.3 is 20.0 Å². The topological polar surface area (TPSA) is 53.4 Å². The molecule has 35 heavy (non-hydrogen) atoms. The lowest BCUT2D eigenvalue weighted by Crippen LogP contribution is -2.61. The van der Waals surface area contributed by atoms with E-state index in [4.69, 9.17) is 0 Å². The van der Waals surface area contributed by atoms with Crippen molar-refractivity contribution in [3.63, 3.8) is 0 Å². The van der Waals surface area contributed by atoms with Crippen molar-refractivity contribution in [2.24, 2.45) is 34.5 Å². The van der Waals surface area contributed by atoms with Gasteiger partial charge in [0.1, 0.15) is 0 Å². The molecule has 0 unspecified atom stereocenters. The Hall–Kier alpha value is -0.240. The van der Waals surface area contributed by atoms with Crippen LogP contribution >= 0.6 is 0 Å². The van der Waals surface area contributed by atoms with Crippen LogP contribution < -0.4 is 0 Å². The van der Waals surface area contributed by atoms with Crippen molar-refractivity contribution in [2.45, 2.75) is 83.1 Å². The molecule has 4 aliphatic carbocycles. The first-order chi connectivity index (χ1) is 16.7. The van der Waals surface area contributed by atoms with Crippen molar-refractivity contribution in [1.29, 1.82) is 0 Å². The van der Waals surface area contributed by atoms with E-state index in [0.717, 1.165) is 70.6 Å². The van der Waals surface area contributed by atoms with Gasteiger partial charge in [-0.3, -0.25) is 9.80 Å². The summed E-state index contributed by atoms with van der Waals surface area (Å²) in [7, 11) is 4.45. The number of hydrogen-bond acceptors (Lipinski definition) is 6. The minimum absolute atomic E-state index is 0.0867. The van der Waals surface area contributed by atoms with E-state index in [0.29, 0.717) is 29.3 Å². The zero-order valence-electron chi connectivity index (χ0n) is 22.9. The average molecular weight is 489 g/mol. The Balaban J connectivity index is 1.21. The van der Waals surface area contributed by atoms with Gasteiger partial charge in [-0.1, -0.05) is 13.8 Å². The maximum atomic E-state index is 11.7. The summed E-state index contributed by atoms with van der Waals surface area (Å²) < 4.78 is 0. The van der Waals surface area contributed by atoms with E-state index in [-0.39, 0.29) is 17.6 Å². The van der Waals surface area contributed by atoms with Crippen LogP contribution in [0.5, 0.6) is 0 Å². The monoisotopic (exact) mass is 488 g/mol. The van der Waals surface area contributed by atoms with Crippen molar-refractivity contribution >= 4 is 0 Å². The summed E-state index contributed by atoms with van der Waals surface area (Å²) >= 11 is 0. The second-order valence-electron chi connectivity index (χ2n) is 14.2. The van der Waals surface area contributed by atoms with Gasteiger partial charge in [-0.05, 0) is 93.5 Å². The highest BCUT2D eigenvalue weighted by Crippen LogP contribution is 2.66. The summed E-state index contributed by atoms with van der Waals surface area (Å²) in [6.45, 7) is 14.0. The molecule has 0 bridgehead atoms. The van der Waals surface area contributed by atoms with E-state index >= 15 is 0 Å². The maximum Gasteiger partial charge on any atom is 0.0751 e. The molecule has 2 N–H and O–H groups in total. The van der Waals surface area contributed by atoms with Gasteiger partial charge >= 0.3 is 0 Å². The Bertz CT molecular complexity index is 766. The fourth-order valence-electron chi connectivity index (χ4n) is 10.3. The van der Waals surface area contributed by atoms with E-state index in [1.165, 1.54) is 38.5 Å². The lowest BCUT2D eigenvalue weighted by Gasteiger charge is -2.62. The summed E-state index contributed by atoms with van der Waals surface area (Å²) in [5, 5.41) is 23.0. The lowest BCUT2D eigenvalue weighted by molar-refractivity contribution is -0.155. The van der Waals surface area contributed by atoms with E-state index in [9.17, 15) is 10.2 Å². The molecule has 0 amide bonds. The Morgan fingerprint density at radius 2 is 1.26 bits per heavy atom. The Kier molecular flexibility index (Phi) is 6.59. The van der Waals surface area contributed by atoms with Crippen LogP contribution in [0.2, 0.25) is 0 Å². The molecule has 2 saturated heterocycles. The van der Waals surface area contributed by atoms with Gasteiger partial charge in [0.15, 0.2) is 0 Å². The summed E-state index contributed by atoms with van der Waals surface area (Å²) in [4.78, 5) is 10.1. The lowest BCUT2D eigenvalue weighted by atomic mass is 9.44. The molecule has 10 atom stereocenters. The molecule has 2 aliphatic heterocycles. The molecule has 0 spiro atoms. The molecule has 0 aromatic heterocycles. The van der Waals surface area contributed by atoms with Crippen LogP contribution in [0.1, 0.15) is 58.8 Å². The molecule has 6 rings (SSSR count). The van der Waals surface area contributed by atoms with Crippen LogP contribution in [-0.2, 0) is 0 Å². The molecule has 0 radical (unpaired) electrons. The van der Waals surface area contributed by atoms with E-state index in [2.05, 4.69) is 47.5 Å². The van der Waals surface area contributed by atoms with Gasteiger partial charge in [-0.25, -0.2) is 0 Å². The number of rotatable bonds is 2. The number of aliphatic hydroxyl groups is 2. The third-order valence-electron chi connectivity index (χ3n) is 12.7. The van der Waals surface area contributed by atoms with Gasteiger partial charge in [-0.15, -0.1) is 0 Å². The summed E-state index contributed by atoms with van der Waals surface area (Å²) in [5.41, 5.74) is 0.428. The van der Waals surface area contributed by atoms with Crippen LogP contribution in [0, 0.1) is 34.5 Å². The molecule has 4 saturated carbocycles. The minimum atomic E-state index is -0.173. The first-order valence-corrected chi connectivity index (χ1v) is 14.9. The fourth-order valence-corrected chi connectivity index (χ4v) is 10.3. The zero-order chi connectivity index (χ0) is 24.5. The quantitative estimate of drug-likeness (QED) is 0.622. The van der Waals surface area contributed by atoms with Crippen LogP contribution in [0.25, 0.3) is 0 Å². The molecule has 6 heteroatoms. The highest BCUT2D eigenvalue weighted by atomic mass is 16.3. The van der Waals surface area contributed by atoms with Crippen LogP contribution in [0.4, 0.5) is 0 Å². The van der Waals surface area contributed by atoms with Crippen molar-refractivity contribution in [3.05, 3.63) is 0 Å².